The van der Waals surface area contributed by atoms with Crippen LogP contribution in [0, 0.1) is 0 Å². The van der Waals surface area contributed by atoms with Crippen LogP contribution in [0.2, 0.25) is 0 Å². The number of hydrogen-bond acceptors (Lipinski definition) is 5. The number of rotatable bonds is 7. The summed E-state index contributed by atoms with van der Waals surface area (Å²) in [6, 6.07) is 4.08. The van der Waals surface area contributed by atoms with Gasteiger partial charge in [0.2, 0.25) is 0 Å². The van der Waals surface area contributed by atoms with Crippen LogP contribution in [0.25, 0.3) is 0 Å². The molecule has 1 aromatic carbocycles. The maximum Gasteiger partial charge on any atom is 0.337 e. The number of hydrogen-bond donors (Lipinski definition) is 3. The summed E-state index contributed by atoms with van der Waals surface area (Å²) < 4.78 is 10.1. The van der Waals surface area contributed by atoms with Crippen molar-refractivity contribution in [3.8, 4) is 5.75 Å². The van der Waals surface area contributed by atoms with Crippen molar-refractivity contribution in [1.29, 1.82) is 0 Å². The molecule has 1 amide bonds. The molecule has 0 saturated heterocycles. The summed E-state index contributed by atoms with van der Waals surface area (Å²) in [5.41, 5.74) is 5.60. The van der Waals surface area contributed by atoms with Gasteiger partial charge in [0.1, 0.15) is 5.75 Å². The van der Waals surface area contributed by atoms with Crippen LogP contribution in [0.3, 0.4) is 0 Å². The average Bonchev–Trinajstić information content (AvgIpc) is 2.37. The van der Waals surface area contributed by atoms with Crippen molar-refractivity contribution in [1.82, 2.24) is 5.32 Å². The first kappa shape index (κ1) is 15.8. The van der Waals surface area contributed by atoms with Gasteiger partial charge in [-0.15, -0.1) is 0 Å². The Hall–Kier alpha value is -2.28. The molecule has 0 aromatic heterocycles. The van der Waals surface area contributed by atoms with E-state index in [2.05, 4.69) is 5.32 Å². The van der Waals surface area contributed by atoms with E-state index in [0.717, 1.165) is 0 Å². The SMILES string of the molecule is COCC(C)NC(=O)COc1ccc(N)c(C(=O)O)c1. The Labute approximate surface area is 116 Å². The number of nitrogens with two attached hydrogens (primary N) is 1. The summed E-state index contributed by atoms with van der Waals surface area (Å²) in [6.07, 6.45) is 0. The first-order valence-electron chi connectivity index (χ1n) is 5.98. The summed E-state index contributed by atoms with van der Waals surface area (Å²) in [5, 5.41) is 11.6. The zero-order valence-corrected chi connectivity index (χ0v) is 11.4. The van der Waals surface area contributed by atoms with Crippen LogP contribution < -0.4 is 15.8 Å². The van der Waals surface area contributed by atoms with Gasteiger partial charge in [-0.2, -0.15) is 0 Å². The van der Waals surface area contributed by atoms with Gasteiger partial charge in [-0.3, -0.25) is 4.79 Å². The molecule has 20 heavy (non-hydrogen) atoms. The third-order valence-corrected chi connectivity index (χ3v) is 2.45. The number of nitrogens with one attached hydrogen (secondary N) is 1. The molecule has 0 radical (unpaired) electrons. The molecule has 4 N–H and O–H groups in total. The number of anilines is 1. The number of carboxylic acid groups (broad SMARTS) is 1. The van der Waals surface area contributed by atoms with E-state index in [1.54, 1.807) is 14.0 Å². The highest BCUT2D eigenvalue weighted by Crippen LogP contribution is 2.19. The minimum Gasteiger partial charge on any atom is -0.484 e. The van der Waals surface area contributed by atoms with Crippen LogP contribution in [0.1, 0.15) is 17.3 Å². The molecule has 1 aromatic rings. The van der Waals surface area contributed by atoms with Crippen LogP contribution >= 0.6 is 0 Å². The molecule has 0 aliphatic carbocycles. The topological polar surface area (TPSA) is 111 Å². The van der Waals surface area contributed by atoms with Crippen LogP contribution in [0.5, 0.6) is 5.75 Å². The quantitative estimate of drug-likeness (QED) is 0.628. The first-order chi connectivity index (χ1) is 9.43. The first-order valence-corrected chi connectivity index (χ1v) is 5.98. The number of benzene rings is 1. The summed E-state index contributed by atoms with van der Waals surface area (Å²) in [6.45, 7) is 1.99. The zero-order valence-electron chi connectivity index (χ0n) is 11.4. The Balaban J connectivity index is 2.55. The summed E-state index contributed by atoms with van der Waals surface area (Å²) in [5.74, 6) is -1.19. The van der Waals surface area contributed by atoms with Crippen molar-refractivity contribution in [3.05, 3.63) is 23.8 Å². The van der Waals surface area contributed by atoms with Gasteiger partial charge in [0.25, 0.3) is 5.91 Å². The number of carboxylic acids is 1. The highest BCUT2D eigenvalue weighted by atomic mass is 16.5. The average molecular weight is 282 g/mol. The van der Waals surface area contributed by atoms with Crippen molar-refractivity contribution in [2.45, 2.75) is 13.0 Å². The van der Waals surface area contributed by atoms with Crippen molar-refractivity contribution in [2.24, 2.45) is 0 Å². The molecule has 7 heteroatoms. The Morgan fingerprint density at radius 1 is 1.45 bits per heavy atom. The van der Waals surface area contributed by atoms with E-state index in [1.165, 1.54) is 18.2 Å². The van der Waals surface area contributed by atoms with Gasteiger partial charge in [-0.25, -0.2) is 4.79 Å². The van der Waals surface area contributed by atoms with E-state index in [0.29, 0.717) is 6.61 Å². The minimum atomic E-state index is -1.15. The zero-order chi connectivity index (χ0) is 15.1. The number of amides is 1. The van der Waals surface area contributed by atoms with E-state index >= 15 is 0 Å². The molecule has 1 unspecified atom stereocenters. The van der Waals surface area contributed by atoms with E-state index in [4.69, 9.17) is 20.3 Å². The smallest absolute Gasteiger partial charge is 0.337 e. The second kappa shape index (κ2) is 7.34. The molecule has 0 bridgehead atoms. The lowest BCUT2D eigenvalue weighted by Crippen LogP contribution is -2.38. The van der Waals surface area contributed by atoms with E-state index < -0.39 is 5.97 Å². The Morgan fingerprint density at radius 3 is 2.75 bits per heavy atom. The van der Waals surface area contributed by atoms with Gasteiger partial charge in [0, 0.05) is 18.8 Å². The fourth-order valence-corrected chi connectivity index (χ4v) is 1.57. The molecular weight excluding hydrogens is 264 g/mol. The maximum absolute atomic E-state index is 11.6. The van der Waals surface area contributed by atoms with E-state index in [1.807, 2.05) is 0 Å². The Morgan fingerprint density at radius 2 is 2.15 bits per heavy atom. The van der Waals surface area contributed by atoms with Gasteiger partial charge in [-0.1, -0.05) is 0 Å². The van der Waals surface area contributed by atoms with Gasteiger partial charge in [0.15, 0.2) is 6.61 Å². The van der Waals surface area contributed by atoms with Crippen LogP contribution in [0.4, 0.5) is 5.69 Å². The van der Waals surface area contributed by atoms with Gasteiger partial charge < -0.3 is 25.6 Å². The molecule has 0 saturated carbocycles. The predicted octanol–water partition coefficient (Wildman–Crippen LogP) is 0.497. The normalized spacial score (nSPS) is 11.7. The highest BCUT2D eigenvalue weighted by Gasteiger charge is 2.11. The van der Waals surface area contributed by atoms with Crippen molar-refractivity contribution < 1.29 is 24.2 Å². The highest BCUT2D eigenvalue weighted by molar-refractivity contribution is 5.94. The molecule has 1 rings (SSSR count). The van der Waals surface area contributed by atoms with Crippen LogP contribution in [-0.2, 0) is 9.53 Å². The third kappa shape index (κ3) is 4.77. The molecule has 110 valence electrons. The molecule has 0 fully saturated rings. The maximum atomic E-state index is 11.6. The molecule has 0 aliphatic heterocycles. The lowest BCUT2D eigenvalue weighted by atomic mass is 10.2. The van der Waals surface area contributed by atoms with Crippen LogP contribution in [0.15, 0.2) is 18.2 Å². The van der Waals surface area contributed by atoms with Crippen molar-refractivity contribution in [2.75, 3.05) is 26.1 Å². The summed E-state index contributed by atoms with van der Waals surface area (Å²) in [7, 11) is 1.54. The summed E-state index contributed by atoms with van der Waals surface area (Å²) >= 11 is 0. The van der Waals surface area contributed by atoms with E-state index in [9.17, 15) is 9.59 Å². The van der Waals surface area contributed by atoms with Gasteiger partial charge >= 0.3 is 5.97 Å². The number of methoxy groups -OCH3 is 1. The number of carbonyl (C=O) groups is 2. The van der Waals surface area contributed by atoms with Crippen molar-refractivity contribution >= 4 is 17.6 Å². The molecule has 0 heterocycles. The third-order valence-electron chi connectivity index (χ3n) is 2.45. The fraction of sp³-hybridized carbons (Fsp3) is 0.385. The number of carbonyl (C=O) groups excluding carboxylic acids is 1. The number of nitrogen functional groups attached to an aromatic ring is 1. The molecule has 7 nitrogen and oxygen atoms in total. The van der Waals surface area contributed by atoms with Crippen LogP contribution in [-0.4, -0.2) is 43.3 Å². The minimum absolute atomic E-state index is 0.0596. The largest absolute Gasteiger partial charge is 0.484 e. The Kier molecular flexibility index (Phi) is 5.79. The molecular formula is C13H18N2O5. The molecule has 0 aliphatic rings. The predicted molar refractivity (Wildman–Crippen MR) is 72.8 cm³/mol. The monoisotopic (exact) mass is 282 g/mol. The number of aromatic carboxylic acids is 1. The van der Waals surface area contributed by atoms with Gasteiger partial charge in [0.05, 0.1) is 12.2 Å². The van der Waals surface area contributed by atoms with E-state index in [-0.39, 0.29) is 35.6 Å². The lowest BCUT2D eigenvalue weighted by molar-refractivity contribution is -0.124. The molecule has 1 atom stereocenters. The molecule has 0 spiro atoms. The standard InChI is InChI=1S/C13H18N2O5/c1-8(6-19-2)15-12(16)7-20-9-3-4-11(14)10(5-9)13(17)18/h3-5,8H,6-7,14H2,1-2H3,(H,15,16)(H,17,18). The number of ether oxygens (including phenoxy) is 2. The van der Waals surface area contributed by atoms with Crippen molar-refractivity contribution in [3.63, 3.8) is 0 Å². The second-order valence-corrected chi connectivity index (χ2v) is 4.27. The fourth-order valence-electron chi connectivity index (χ4n) is 1.57. The lowest BCUT2D eigenvalue weighted by Gasteiger charge is -2.13. The second-order valence-electron chi connectivity index (χ2n) is 4.27. The van der Waals surface area contributed by atoms with Gasteiger partial charge in [-0.05, 0) is 25.1 Å². The summed E-state index contributed by atoms with van der Waals surface area (Å²) in [4.78, 5) is 22.5. The Bertz CT molecular complexity index is 490.